The average Bonchev–Trinajstić information content (AvgIpc) is 2.14. The van der Waals surface area contributed by atoms with Crippen molar-refractivity contribution in [1.29, 1.82) is 0 Å². The first-order valence-electron chi connectivity index (χ1n) is 5.20. The Balaban J connectivity index is 2.75. The molecule has 0 bridgehead atoms. The number of nitrogens with two attached hydrogens (primary N) is 1. The molecule has 0 radical (unpaired) electrons. The molecule has 0 fully saturated rings. The molecule has 5 nitrogen and oxygen atoms in total. The highest BCUT2D eigenvalue weighted by molar-refractivity contribution is 5.95. The summed E-state index contributed by atoms with van der Waals surface area (Å²) >= 11 is 0. The van der Waals surface area contributed by atoms with Crippen LogP contribution in [0.2, 0.25) is 0 Å². The number of hydrogen-bond acceptors (Lipinski definition) is 3. The topological polar surface area (TPSA) is 92.4 Å². The second kappa shape index (κ2) is 4.86. The monoisotopic (exact) mass is 236 g/mol. The van der Waals surface area contributed by atoms with Crippen LogP contribution < -0.4 is 11.1 Å². The van der Waals surface area contributed by atoms with Gasteiger partial charge in [0.1, 0.15) is 0 Å². The predicted octanol–water partition coefficient (Wildman–Crippen LogP) is 1.25. The van der Waals surface area contributed by atoms with E-state index in [0.29, 0.717) is 11.3 Å². The van der Waals surface area contributed by atoms with Crippen molar-refractivity contribution in [2.24, 2.45) is 0 Å². The molecule has 5 heteroatoms. The molecule has 1 rings (SSSR count). The third-order valence-electron chi connectivity index (χ3n) is 2.19. The van der Waals surface area contributed by atoms with Gasteiger partial charge in [0.2, 0.25) is 0 Å². The van der Waals surface area contributed by atoms with Gasteiger partial charge in [0.05, 0.1) is 6.42 Å². The van der Waals surface area contributed by atoms with Crippen molar-refractivity contribution in [2.45, 2.75) is 25.8 Å². The number of nitrogens with one attached hydrogen (secondary N) is 1. The third-order valence-corrected chi connectivity index (χ3v) is 2.19. The van der Waals surface area contributed by atoms with Gasteiger partial charge in [0.25, 0.3) is 5.91 Å². The zero-order chi connectivity index (χ0) is 13.1. The van der Waals surface area contributed by atoms with Crippen molar-refractivity contribution < 1.29 is 14.7 Å². The number of carboxylic acids is 1. The number of hydrogen-bond donors (Lipinski definition) is 3. The van der Waals surface area contributed by atoms with E-state index in [0.717, 1.165) is 0 Å². The van der Waals surface area contributed by atoms with Crippen molar-refractivity contribution in [3.8, 4) is 0 Å². The maximum atomic E-state index is 11.8. The van der Waals surface area contributed by atoms with Crippen LogP contribution in [0, 0.1) is 0 Å². The van der Waals surface area contributed by atoms with E-state index in [4.69, 9.17) is 10.8 Å². The summed E-state index contributed by atoms with van der Waals surface area (Å²) in [6.07, 6.45) is -0.138. The van der Waals surface area contributed by atoms with Crippen molar-refractivity contribution in [3.63, 3.8) is 0 Å². The summed E-state index contributed by atoms with van der Waals surface area (Å²) in [5.41, 5.74) is 5.68. The van der Waals surface area contributed by atoms with E-state index < -0.39 is 11.5 Å². The highest BCUT2D eigenvalue weighted by Gasteiger charge is 2.24. The first-order valence-corrected chi connectivity index (χ1v) is 5.20. The summed E-state index contributed by atoms with van der Waals surface area (Å²) in [5, 5.41) is 11.4. The van der Waals surface area contributed by atoms with Crippen molar-refractivity contribution in [3.05, 3.63) is 29.8 Å². The van der Waals surface area contributed by atoms with Crippen LogP contribution in [0.3, 0.4) is 0 Å². The van der Waals surface area contributed by atoms with Gasteiger partial charge in [-0.05, 0) is 32.0 Å². The van der Waals surface area contributed by atoms with Crippen molar-refractivity contribution in [2.75, 3.05) is 5.73 Å². The van der Waals surface area contributed by atoms with E-state index in [9.17, 15) is 9.59 Å². The fraction of sp³-hybridized carbons (Fsp3) is 0.333. The van der Waals surface area contributed by atoms with Crippen LogP contribution in [0.4, 0.5) is 5.69 Å². The lowest BCUT2D eigenvalue weighted by Gasteiger charge is -2.24. The Kier molecular flexibility index (Phi) is 3.73. The van der Waals surface area contributed by atoms with E-state index in [1.54, 1.807) is 38.1 Å². The number of rotatable bonds is 4. The van der Waals surface area contributed by atoms with E-state index in [2.05, 4.69) is 5.32 Å². The lowest BCUT2D eigenvalue weighted by atomic mass is 10.00. The fourth-order valence-electron chi connectivity index (χ4n) is 1.48. The molecule has 0 saturated heterocycles. The van der Waals surface area contributed by atoms with Gasteiger partial charge in [0, 0.05) is 16.8 Å². The van der Waals surface area contributed by atoms with Gasteiger partial charge < -0.3 is 16.2 Å². The molecule has 0 saturated carbocycles. The van der Waals surface area contributed by atoms with E-state index in [1.807, 2.05) is 0 Å². The molecule has 0 unspecified atom stereocenters. The number of benzene rings is 1. The maximum absolute atomic E-state index is 11.8. The molecule has 0 spiro atoms. The summed E-state index contributed by atoms with van der Waals surface area (Å²) in [7, 11) is 0. The SMILES string of the molecule is CC(C)(CC(=O)O)NC(=O)c1cccc(N)c1. The zero-order valence-electron chi connectivity index (χ0n) is 9.86. The summed E-state index contributed by atoms with van der Waals surface area (Å²) in [5.74, 6) is -1.29. The average molecular weight is 236 g/mol. The Hall–Kier alpha value is -2.04. The van der Waals surface area contributed by atoms with Gasteiger partial charge in [-0.15, -0.1) is 0 Å². The Bertz CT molecular complexity index is 441. The molecule has 1 aromatic rings. The number of carbonyl (C=O) groups excluding carboxylic acids is 1. The molecule has 0 aliphatic heterocycles. The van der Waals surface area contributed by atoms with Crippen LogP contribution in [0.5, 0.6) is 0 Å². The van der Waals surface area contributed by atoms with Crippen LogP contribution in [-0.2, 0) is 4.79 Å². The minimum atomic E-state index is -0.956. The van der Waals surface area contributed by atoms with Gasteiger partial charge in [-0.2, -0.15) is 0 Å². The normalized spacial score (nSPS) is 10.9. The first-order chi connectivity index (χ1) is 7.80. The Morgan fingerprint density at radius 1 is 1.41 bits per heavy atom. The first kappa shape index (κ1) is 13.0. The molecular formula is C12H16N2O3. The minimum absolute atomic E-state index is 0.138. The highest BCUT2D eigenvalue weighted by Crippen LogP contribution is 2.12. The van der Waals surface area contributed by atoms with Gasteiger partial charge >= 0.3 is 5.97 Å². The molecular weight excluding hydrogens is 220 g/mol. The second-order valence-electron chi connectivity index (χ2n) is 4.53. The van der Waals surface area contributed by atoms with Crippen LogP contribution >= 0.6 is 0 Å². The number of anilines is 1. The number of nitrogen functional groups attached to an aromatic ring is 1. The quantitative estimate of drug-likeness (QED) is 0.686. The predicted molar refractivity (Wildman–Crippen MR) is 64.7 cm³/mol. The summed E-state index contributed by atoms with van der Waals surface area (Å²) in [4.78, 5) is 22.5. The lowest BCUT2D eigenvalue weighted by molar-refractivity contribution is -0.138. The molecule has 92 valence electrons. The van der Waals surface area contributed by atoms with E-state index in [-0.39, 0.29) is 12.3 Å². The third kappa shape index (κ3) is 4.14. The smallest absolute Gasteiger partial charge is 0.305 e. The number of carboxylic acid groups (broad SMARTS) is 1. The molecule has 0 heterocycles. The molecule has 0 aliphatic rings. The number of amides is 1. The van der Waals surface area contributed by atoms with Crippen LogP contribution in [0.1, 0.15) is 30.6 Å². The van der Waals surface area contributed by atoms with Crippen molar-refractivity contribution >= 4 is 17.6 Å². The van der Waals surface area contributed by atoms with Gasteiger partial charge in [-0.25, -0.2) is 0 Å². The molecule has 0 aliphatic carbocycles. The highest BCUT2D eigenvalue weighted by atomic mass is 16.4. The minimum Gasteiger partial charge on any atom is -0.481 e. The van der Waals surface area contributed by atoms with Crippen LogP contribution in [-0.4, -0.2) is 22.5 Å². The fourth-order valence-corrected chi connectivity index (χ4v) is 1.48. The number of carbonyl (C=O) groups is 2. The Morgan fingerprint density at radius 2 is 2.06 bits per heavy atom. The zero-order valence-corrected chi connectivity index (χ0v) is 9.86. The molecule has 0 aromatic heterocycles. The molecule has 4 N–H and O–H groups in total. The van der Waals surface area contributed by atoms with Gasteiger partial charge in [-0.3, -0.25) is 9.59 Å². The lowest BCUT2D eigenvalue weighted by Crippen LogP contribution is -2.44. The molecule has 1 amide bonds. The van der Waals surface area contributed by atoms with Crippen LogP contribution in [0.25, 0.3) is 0 Å². The largest absolute Gasteiger partial charge is 0.481 e. The Morgan fingerprint density at radius 3 is 2.59 bits per heavy atom. The Labute approximate surface area is 99.6 Å². The summed E-state index contributed by atoms with van der Waals surface area (Å²) in [6, 6.07) is 6.53. The molecule has 17 heavy (non-hydrogen) atoms. The molecule has 0 atom stereocenters. The van der Waals surface area contributed by atoms with Crippen molar-refractivity contribution in [1.82, 2.24) is 5.32 Å². The second-order valence-corrected chi connectivity index (χ2v) is 4.53. The maximum Gasteiger partial charge on any atom is 0.305 e. The van der Waals surface area contributed by atoms with E-state index >= 15 is 0 Å². The summed E-state index contributed by atoms with van der Waals surface area (Å²) in [6.45, 7) is 3.32. The standard InChI is InChI=1S/C12H16N2O3/c1-12(2,7-10(15)16)14-11(17)8-4-3-5-9(13)6-8/h3-6H,7,13H2,1-2H3,(H,14,17)(H,15,16). The van der Waals surface area contributed by atoms with Gasteiger partial charge in [-0.1, -0.05) is 6.07 Å². The van der Waals surface area contributed by atoms with Gasteiger partial charge in [0.15, 0.2) is 0 Å². The summed E-state index contributed by atoms with van der Waals surface area (Å²) < 4.78 is 0. The number of aliphatic carboxylic acids is 1. The molecule has 1 aromatic carbocycles. The van der Waals surface area contributed by atoms with Crippen LogP contribution in [0.15, 0.2) is 24.3 Å². The van der Waals surface area contributed by atoms with E-state index in [1.165, 1.54) is 0 Å².